The highest BCUT2D eigenvalue weighted by Crippen LogP contribution is 2.27. The van der Waals surface area contributed by atoms with Crippen LogP contribution < -0.4 is 0 Å². The molecular formula is C12H17NO2S. The number of thioether (sulfide) groups is 1. The van der Waals surface area contributed by atoms with Gasteiger partial charge in [0.2, 0.25) is 0 Å². The van der Waals surface area contributed by atoms with Gasteiger partial charge >= 0.3 is 0 Å². The maximum Gasteiger partial charge on any atom is 0.102 e. The second-order valence-corrected chi connectivity index (χ2v) is 5.03. The summed E-state index contributed by atoms with van der Waals surface area (Å²) in [6, 6.07) is 3.79. The Balaban J connectivity index is 1.97. The Kier molecular flexibility index (Phi) is 4.21. The number of nitrogens with zero attached hydrogens (tertiary/aromatic N) is 1. The van der Waals surface area contributed by atoms with Crippen LogP contribution in [0.15, 0.2) is 23.4 Å². The van der Waals surface area contributed by atoms with Crippen LogP contribution in [0.1, 0.15) is 31.4 Å². The molecule has 0 bridgehead atoms. The first kappa shape index (κ1) is 11.9. The van der Waals surface area contributed by atoms with Crippen LogP contribution in [0, 0.1) is 0 Å². The van der Waals surface area contributed by atoms with E-state index >= 15 is 0 Å². The fourth-order valence-corrected chi connectivity index (χ4v) is 2.94. The van der Waals surface area contributed by atoms with Crippen LogP contribution in [0.2, 0.25) is 0 Å². The molecule has 16 heavy (non-hydrogen) atoms. The Labute approximate surface area is 100 Å². The fraction of sp³-hybridized carbons (Fsp3) is 0.583. The molecule has 2 rings (SSSR count). The molecule has 0 spiro atoms. The molecule has 1 N–H and O–H groups in total. The summed E-state index contributed by atoms with van der Waals surface area (Å²) in [7, 11) is 0. The van der Waals surface area contributed by atoms with E-state index in [1.807, 2.05) is 12.1 Å². The topological polar surface area (TPSA) is 42.4 Å². The maximum atomic E-state index is 9.61. The zero-order valence-electron chi connectivity index (χ0n) is 9.43. The van der Waals surface area contributed by atoms with Crippen molar-refractivity contribution in [3.63, 3.8) is 0 Å². The van der Waals surface area contributed by atoms with Crippen LogP contribution in [-0.4, -0.2) is 28.6 Å². The van der Waals surface area contributed by atoms with Crippen molar-refractivity contribution >= 4 is 11.8 Å². The first-order chi connectivity index (χ1) is 7.77. The van der Waals surface area contributed by atoms with Gasteiger partial charge in [-0.3, -0.25) is 0 Å². The number of pyridine rings is 1. The SMILES string of the molecule is C[C@@H](O)c1cccnc1SCC1CCCO1. The molecule has 1 saturated heterocycles. The van der Waals surface area contributed by atoms with Gasteiger partial charge in [-0.05, 0) is 25.8 Å². The molecule has 4 heteroatoms. The quantitative estimate of drug-likeness (QED) is 0.819. The number of ether oxygens (including phenoxy) is 1. The molecule has 0 amide bonds. The van der Waals surface area contributed by atoms with Crippen molar-refractivity contribution in [1.29, 1.82) is 0 Å². The zero-order chi connectivity index (χ0) is 11.4. The van der Waals surface area contributed by atoms with E-state index in [-0.39, 0.29) is 0 Å². The number of aliphatic hydroxyl groups excluding tert-OH is 1. The summed E-state index contributed by atoms with van der Waals surface area (Å²) in [5.41, 5.74) is 0.908. The molecular weight excluding hydrogens is 222 g/mol. The van der Waals surface area contributed by atoms with Gasteiger partial charge in [0.1, 0.15) is 5.03 Å². The molecule has 1 unspecified atom stereocenters. The Bertz CT molecular complexity index is 338. The molecule has 1 aromatic heterocycles. The Morgan fingerprint density at radius 2 is 2.56 bits per heavy atom. The summed E-state index contributed by atoms with van der Waals surface area (Å²) in [4.78, 5) is 4.31. The number of aliphatic hydroxyl groups is 1. The standard InChI is InChI=1S/C12H17NO2S/c1-9(14)11-5-2-6-13-12(11)16-8-10-4-3-7-15-10/h2,5-6,9-10,14H,3-4,7-8H2,1H3/t9-,10?/m1/s1. The highest BCUT2D eigenvalue weighted by Gasteiger charge is 2.17. The largest absolute Gasteiger partial charge is 0.389 e. The third-order valence-corrected chi connectivity index (χ3v) is 3.83. The van der Waals surface area contributed by atoms with E-state index in [0.29, 0.717) is 6.10 Å². The Morgan fingerprint density at radius 3 is 3.25 bits per heavy atom. The van der Waals surface area contributed by atoms with Gasteiger partial charge in [0.05, 0.1) is 12.2 Å². The first-order valence-electron chi connectivity index (χ1n) is 5.65. The Hall–Kier alpha value is -0.580. The molecule has 1 aromatic rings. The van der Waals surface area contributed by atoms with Gasteiger partial charge in [-0.15, -0.1) is 11.8 Å². The van der Waals surface area contributed by atoms with Crippen LogP contribution >= 0.6 is 11.8 Å². The van der Waals surface area contributed by atoms with E-state index in [9.17, 15) is 5.11 Å². The van der Waals surface area contributed by atoms with Crippen molar-refractivity contribution in [1.82, 2.24) is 4.98 Å². The second-order valence-electron chi connectivity index (χ2n) is 4.02. The molecule has 0 aromatic carbocycles. The van der Waals surface area contributed by atoms with Crippen LogP contribution in [0.5, 0.6) is 0 Å². The van der Waals surface area contributed by atoms with Crippen LogP contribution in [0.3, 0.4) is 0 Å². The maximum absolute atomic E-state index is 9.61. The van der Waals surface area contributed by atoms with Gasteiger partial charge in [-0.2, -0.15) is 0 Å². The van der Waals surface area contributed by atoms with Crippen molar-refractivity contribution in [3.05, 3.63) is 23.9 Å². The highest BCUT2D eigenvalue weighted by molar-refractivity contribution is 7.99. The number of rotatable bonds is 4. The van der Waals surface area contributed by atoms with Crippen LogP contribution in [0.4, 0.5) is 0 Å². The van der Waals surface area contributed by atoms with Crippen LogP contribution in [0.25, 0.3) is 0 Å². The molecule has 0 saturated carbocycles. The molecule has 0 aliphatic carbocycles. The monoisotopic (exact) mass is 239 g/mol. The predicted octanol–water partition coefficient (Wildman–Crippen LogP) is 2.41. The molecule has 1 aliphatic rings. The van der Waals surface area contributed by atoms with E-state index in [1.165, 1.54) is 0 Å². The minimum absolute atomic E-state index is 0.355. The van der Waals surface area contributed by atoms with Gasteiger partial charge in [0, 0.05) is 24.1 Å². The van der Waals surface area contributed by atoms with Gasteiger partial charge in [0.15, 0.2) is 0 Å². The number of hydrogen-bond acceptors (Lipinski definition) is 4. The van der Waals surface area contributed by atoms with Gasteiger partial charge in [0.25, 0.3) is 0 Å². The van der Waals surface area contributed by atoms with Crippen molar-refractivity contribution in [2.45, 2.75) is 37.0 Å². The molecule has 2 heterocycles. The van der Waals surface area contributed by atoms with Crippen LogP contribution in [-0.2, 0) is 4.74 Å². The lowest BCUT2D eigenvalue weighted by molar-refractivity contribution is 0.129. The van der Waals surface area contributed by atoms with Crippen molar-refractivity contribution in [3.8, 4) is 0 Å². The summed E-state index contributed by atoms with van der Waals surface area (Å²) < 4.78 is 5.56. The lowest BCUT2D eigenvalue weighted by Crippen LogP contribution is -2.08. The third-order valence-electron chi connectivity index (χ3n) is 2.68. The van der Waals surface area contributed by atoms with E-state index in [0.717, 1.165) is 35.8 Å². The lowest BCUT2D eigenvalue weighted by atomic mass is 10.2. The summed E-state index contributed by atoms with van der Waals surface area (Å²) in [5.74, 6) is 0.927. The van der Waals surface area contributed by atoms with E-state index in [2.05, 4.69) is 4.98 Å². The lowest BCUT2D eigenvalue weighted by Gasteiger charge is -2.12. The van der Waals surface area contributed by atoms with Crippen molar-refractivity contribution < 1.29 is 9.84 Å². The summed E-state index contributed by atoms with van der Waals surface area (Å²) in [6.07, 6.45) is 3.97. The normalized spacial score (nSPS) is 22.2. The molecule has 0 radical (unpaired) electrons. The number of hydrogen-bond donors (Lipinski definition) is 1. The van der Waals surface area contributed by atoms with Gasteiger partial charge < -0.3 is 9.84 Å². The van der Waals surface area contributed by atoms with Gasteiger partial charge in [-0.1, -0.05) is 6.07 Å². The molecule has 2 atom stereocenters. The first-order valence-corrected chi connectivity index (χ1v) is 6.63. The predicted molar refractivity (Wildman–Crippen MR) is 64.6 cm³/mol. The Morgan fingerprint density at radius 1 is 1.69 bits per heavy atom. The van der Waals surface area contributed by atoms with E-state index in [1.54, 1.807) is 24.9 Å². The molecule has 1 aliphatic heterocycles. The molecule has 3 nitrogen and oxygen atoms in total. The minimum Gasteiger partial charge on any atom is -0.389 e. The van der Waals surface area contributed by atoms with Crippen molar-refractivity contribution in [2.24, 2.45) is 0 Å². The smallest absolute Gasteiger partial charge is 0.102 e. The highest BCUT2D eigenvalue weighted by atomic mass is 32.2. The minimum atomic E-state index is -0.458. The average molecular weight is 239 g/mol. The molecule has 88 valence electrons. The third kappa shape index (κ3) is 2.97. The zero-order valence-corrected chi connectivity index (χ0v) is 10.2. The van der Waals surface area contributed by atoms with E-state index < -0.39 is 6.10 Å². The van der Waals surface area contributed by atoms with Crippen molar-refractivity contribution in [2.75, 3.05) is 12.4 Å². The second kappa shape index (κ2) is 5.66. The summed E-state index contributed by atoms with van der Waals surface area (Å²) >= 11 is 1.68. The summed E-state index contributed by atoms with van der Waals surface area (Å²) in [6.45, 7) is 2.66. The van der Waals surface area contributed by atoms with Gasteiger partial charge in [-0.25, -0.2) is 4.98 Å². The molecule has 1 fully saturated rings. The average Bonchev–Trinajstić information content (AvgIpc) is 2.79. The number of aromatic nitrogens is 1. The fourth-order valence-electron chi connectivity index (χ4n) is 1.79. The van der Waals surface area contributed by atoms with E-state index in [4.69, 9.17) is 4.74 Å². The summed E-state index contributed by atoms with van der Waals surface area (Å²) in [5, 5.41) is 10.5.